The van der Waals surface area contributed by atoms with Gasteiger partial charge < -0.3 is 4.90 Å². The largest absolute Gasteiger partial charge is 0.336 e. The molecule has 1 aliphatic heterocycles. The van der Waals surface area contributed by atoms with Gasteiger partial charge in [-0.2, -0.15) is 0 Å². The number of nitrogens with zero attached hydrogens (tertiary/aromatic N) is 2. The van der Waals surface area contributed by atoms with Gasteiger partial charge in [0.15, 0.2) is 0 Å². The van der Waals surface area contributed by atoms with E-state index >= 15 is 0 Å². The quantitative estimate of drug-likeness (QED) is 0.742. The number of carbonyl (C=O) groups excluding carboxylic acids is 1. The monoisotopic (exact) mass is 205 g/mol. The van der Waals surface area contributed by atoms with Gasteiger partial charge in [0, 0.05) is 20.1 Å². The maximum atomic E-state index is 11.6. The van der Waals surface area contributed by atoms with Crippen molar-refractivity contribution in [2.45, 2.75) is 6.42 Å². The van der Waals surface area contributed by atoms with Crippen molar-refractivity contribution in [3.63, 3.8) is 0 Å². The zero-order chi connectivity index (χ0) is 10.7. The lowest BCUT2D eigenvalue weighted by Gasteiger charge is -2.33. The maximum absolute atomic E-state index is 11.6. The molecule has 0 spiro atoms. The highest BCUT2D eigenvalue weighted by molar-refractivity contribution is 5.76. The summed E-state index contributed by atoms with van der Waals surface area (Å²) in [4.78, 5) is 13.4. The van der Waals surface area contributed by atoms with Crippen molar-refractivity contribution in [2.75, 3.05) is 25.1 Å². The van der Waals surface area contributed by atoms with Crippen LogP contribution in [-0.4, -0.2) is 31.1 Å². The lowest BCUT2D eigenvalue weighted by Crippen LogP contribution is -2.52. The van der Waals surface area contributed by atoms with Crippen molar-refractivity contribution in [1.29, 1.82) is 0 Å². The number of nitrogens with one attached hydrogen (secondary N) is 1. The van der Waals surface area contributed by atoms with Gasteiger partial charge >= 0.3 is 6.03 Å². The highest BCUT2D eigenvalue weighted by Gasteiger charge is 2.20. The second kappa shape index (κ2) is 4.21. The standard InChI is InChI=1S/C11H15N3O/c1-13(10-6-3-2-4-7-10)12-11(15)14-8-5-9-14/h2-4,6-7H,5,8-9H2,1H3,(H,12,15). The summed E-state index contributed by atoms with van der Waals surface area (Å²) in [5, 5.41) is 1.74. The molecular weight excluding hydrogens is 190 g/mol. The van der Waals surface area contributed by atoms with Gasteiger partial charge in [0.05, 0.1) is 5.69 Å². The molecule has 0 unspecified atom stereocenters. The van der Waals surface area contributed by atoms with E-state index in [1.165, 1.54) is 0 Å². The fourth-order valence-electron chi connectivity index (χ4n) is 1.45. The van der Waals surface area contributed by atoms with E-state index in [1.54, 1.807) is 9.91 Å². The van der Waals surface area contributed by atoms with E-state index in [0.717, 1.165) is 25.2 Å². The van der Waals surface area contributed by atoms with Crippen molar-refractivity contribution in [3.8, 4) is 0 Å². The van der Waals surface area contributed by atoms with Crippen molar-refractivity contribution < 1.29 is 4.79 Å². The number of hydrogen-bond acceptors (Lipinski definition) is 2. The third-order valence-corrected chi connectivity index (χ3v) is 2.55. The van der Waals surface area contributed by atoms with Gasteiger partial charge in [-0.25, -0.2) is 10.2 Å². The normalized spacial score (nSPS) is 14.3. The van der Waals surface area contributed by atoms with Crippen molar-refractivity contribution in [2.24, 2.45) is 0 Å². The molecule has 0 atom stereocenters. The molecule has 0 saturated carbocycles. The van der Waals surface area contributed by atoms with Crippen LogP contribution >= 0.6 is 0 Å². The molecule has 2 amide bonds. The molecule has 0 aliphatic carbocycles. The van der Waals surface area contributed by atoms with Gasteiger partial charge in [-0.15, -0.1) is 0 Å². The molecule has 1 saturated heterocycles. The first kappa shape index (κ1) is 9.83. The van der Waals surface area contributed by atoms with Crippen LogP contribution < -0.4 is 10.4 Å². The Bertz CT molecular complexity index is 335. The fourth-order valence-corrected chi connectivity index (χ4v) is 1.45. The van der Waals surface area contributed by atoms with Crippen LogP contribution in [0.5, 0.6) is 0 Å². The third kappa shape index (κ3) is 2.21. The number of rotatable bonds is 2. The first-order valence-electron chi connectivity index (χ1n) is 5.12. The molecule has 4 heteroatoms. The minimum atomic E-state index is -0.0207. The Morgan fingerprint density at radius 3 is 2.53 bits per heavy atom. The van der Waals surface area contributed by atoms with Gasteiger partial charge in [-0.1, -0.05) is 18.2 Å². The summed E-state index contributed by atoms with van der Waals surface area (Å²) in [5.41, 5.74) is 3.80. The van der Waals surface area contributed by atoms with Gasteiger partial charge in [0.25, 0.3) is 0 Å². The summed E-state index contributed by atoms with van der Waals surface area (Å²) in [6, 6.07) is 9.73. The van der Waals surface area contributed by atoms with Crippen molar-refractivity contribution in [1.82, 2.24) is 10.3 Å². The highest BCUT2D eigenvalue weighted by Crippen LogP contribution is 2.10. The SMILES string of the molecule is CN(NC(=O)N1CCC1)c1ccccc1. The Balaban J connectivity index is 1.91. The minimum absolute atomic E-state index is 0.0207. The number of amides is 2. The summed E-state index contributed by atoms with van der Waals surface area (Å²) >= 11 is 0. The first-order chi connectivity index (χ1) is 7.27. The van der Waals surface area contributed by atoms with Gasteiger partial charge in [-0.3, -0.25) is 5.01 Å². The number of carbonyl (C=O) groups is 1. The molecule has 15 heavy (non-hydrogen) atoms. The molecule has 1 aromatic rings. The molecule has 1 heterocycles. The first-order valence-corrected chi connectivity index (χ1v) is 5.12. The molecule has 1 N–H and O–H groups in total. The number of hydrazine groups is 1. The smallest absolute Gasteiger partial charge is 0.323 e. The Labute approximate surface area is 89.5 Å². The number of hydrogen-bond donors (Lipinski definition) is 1. The van der Waals surface area contributed by atoms with Crippen LogP contribution in [0, 0.1) is 0 Å². The Morgan fingerprint density at radius 2 is 2.00 bits per heavy atom. The predicted molar refractivity (Wildman–Crippen MR) is 59.6 cm³/mol. The summed E-state index contributed by atoms with van der Waals surface area (Å²) in [7, 11) is 1.84. The predicted octanol–water partition coefficient (Wildman–Crippen LogP) is 1.45. The van der Waals surface area contributed by atoms with Crippen LogP contribution in [0.3, 0.4) is 0 Å². The summed E-state index contributed by atoms with van der Waals surface area (Å²) in [6.07, 6.45) is 1.11. The minimum Gasteiger partial charge on any atom is -0.323 e. The molecule has 0 radical (unpaired) electrons. The van der Waals surface area contributed by atoms with Gasteiger partial charge in [0.1, 0.15) is 0 Å². The van der Waals surface area contributed by atoms with Crippen molar-refractivity contribution >= 4 is 11.7 Å². The van der Waals surface area contributed by atoms with Crippen LogP contribution in [0.1, 0.15) is 6.42 Å². The Hall–Kier alpha value is -1.71. The van der Waals surface area contributed by atoms with E-state index in [-0.39, 0.29) is 6.03 Å². The van der Waals surface area contributed by atoms with Crippen molar-refractivity contribution in [3.05, 3.63) is 30.3 Å². The number of likely N-dealkylation sites (tertiary alicyclic amines) is 1. The highest BCUT2D eigenvalue weighted by atomic mass is 16.2. The number of anilines is 1. The second-order valence-electron chi connectivity index (χ2n) is 3.65. The average Bonchev–Trinajstić information content (AvgIpc) is 2.16. The van der Waals surface area contributed by atoms with Crippen LogP contribution in [0.25, 0.3) is 0 Å². The van der Waals surface area contributed by atoms with E-state index in [2.05, 4.69) is 5.43 Å². The maximum Gasteiger partial charge on any atom is 0.336 e. The number of benzene rings is 1. The molecule has 2 rings (SSSR count). The van der Waals surface area contributed by atoms with Gasteiger partial charge in [0.2, 0.25) is 0 Å². The number of urea groups is 1. The summed E-state index contributed by atoms with van der Waals surface area (Å²) < 4.78 is 0. The molecule has 80 valence electrons. The van der Waals surface area contributed by atoms with Crippen LogP contribution in [0.2, 0.25) is 0 Å². The van der Waals surface area contributed by atoms with Gasteiger partial charge in [-0.05, 0) is 18.6 Å². The summed E-state index contributed by atoms with van der Waals surface area (Å²) in [6.45, 7) is 1.74. The second-order valence-corrected chi connectivity index (χ2v) is 3.65. The Morgan fingerprint density at radius 1 is 1.33 bits per heavy atom. The lowest BCUT2D eigenvalue weighted by molar-refractivity contribution is 0.167. The molecule has 1 fully saturated rings. The molecular formula is C11H15N3O. The molecule has 1 aromatic carbocycles. The molecule has 4 nitrogen and oxygen atoms in total. The zero-order valence-electron chi connectivity index (χ0n) is 8.81. The lowest BCUT2D eigenvalue weighted by atomic mass is 10.2. The topological polar surface area (TPSA) is 35.6 Å². The van der Waals surface area contributed by atoms with E-state index < -0.39 is 0 Å². The van der Waals surface area contributed by atoms with Crippen LogP contribution in [-0.2, 0) is 0 Å². The number of para-hydroxylation sites is 1. The summed E-state index contributed by atoms with van der Waals surface area (Å²) in [5.74, 6) is 0. The average molecular weight is 205 g/mol. The van der Waals surface area contributed by atoms with E-state index in [4.69, 9.17) is 0 Å². The van der Waals surface area contributed by atoms with Crippen LogP contribution in [0.4, 0.5) is 10.5 Å². The van der Waals surface area contributed by atoms with Crippen LogP contribution in [0.15, 0.2) is 30.3 Å². The molecule has 0 aromatic heterocycles. The van der Waals surface area contributed by atoms with E-state index in [0.29, 0.717) is 0 Å². The Kier molecular flexibility index (Phi) is 2.76. The molecule has 0 bridgehead atoms. The third-order valence-electron chi connectivity index (χ3n) is 2.55. The van der Waals surface area contributed by atoms with E-state index in [1.807, 2.05) is 37.4 Å². The fraction of sp³-hybridized carbons (Fsp3) is 0.364. The molecule has 1 aliphatic rings. The zero-order valence-corrected chi connectivity index (χ0v) is 8.81. The van der Waals surface area contributed by atoms with E-state index in [9.17, 15) is 4.79 Å².